The number of likely N-dealkylation sites (tertiary alicyclic amines) is 1. The van der Waals surface area contributed by atoms with Gasteiger partial charge in [-0.25, -0.2) is 0 Å². The average molecular weight is 421 g/mol. The lowest BCUT2D eigenvalue weighted by molar-refractivity contribution is -0.144. The Morgan fingerprint density at radius 3 is 2.19 bits per heavy atom. The third-order valence-corrected chi connectivity index (χ3v) is 7.26. The van der Waals surface area contributed by atoms with Crippen molar-refractivity contribution < 1.29 is 9.90 Å². The molecule has 4 heteroatoms. The van der Waals surface area contributed by atoms with Crippen LogP contribution in [0.3, 0.4) is 0 Å². The van der Waals surface area contributed by atoms with E-state index < -0.39 is 5.60 Å². The van der Waals surface area contributed by atoms with Crippen LogP contribution in [0.1, 0.15) is 49.7 Å². The quantitative estimate of drug-likeness (QED) is 0.640. The van der Waals surface area contributed by atoms with Gasteiger partial charge in [0.25, 0.3) is 0 Å². The van der Waals surface area contributed by atoms with Gasteiger partial charge in [-0.05, 0) is 68.3 Å². The Morgan fingerprint density at radius 1 is 0.935 bits per heavy atom. The topological polar surface area (TPSA) is 52.6 Å². The molecular formula is C27H36N2O2. The number of ketones is 1. The number of Topliss-reactive ketones (excluding diaryl/α,β-unsaturated/α-hetero) is 1. The molecule has 166 valence electrons. The van der Waals surface area contributed by atoms with Gasteiger partial charge in [0.15, 0.2) is 11.4 Å². The predicted molar refractivity (Wildman–Crippen MR) is 125 cm³/mol. The smallest absolute Gasteiger partial charge is 0.182 e. The van der Waals surface area contributed by atoms with Crippen molar-refractivity contribution in [2.24, 2.45) is 11.8 Å². The summed E-state index contributed by atoms with van der Waals surface area (Å²) in [5, 5.41) is 15.0. The highest BCUT2D eigenvalue weighted by Gasteiger charge is 2.45. The summed E-state index contributed by atoms with van der Waals surface area (Å²) in [4.78, 5) is 15.7. The van der Waals surface area contributed by atoms with Crippen LogP contribution in [0.5, 0.6) is 0 Å². The van der Waals surface area contributed by atoms with Gasteiger partial charge in [-0.1, -0.05) is 73.5 Å². The summed E-state index contributed by atoms with van der Waals surface area (Å²) >= 11 is 0. The first-order chi connectivity index (χ1) is 15.2. The van der Waals surface area contributed by atoms with Gasteiger partial charge in [0.1, 0.15) is 0 Å². The van der Waals surface area contributed by atoms with Crippen molar-refractivity contribution in [3.8, 4) is 0 Å². The third kappa shape index (κ3) is 5.43. The van der Waals surface area contributed by atoms with Crippen molar-refractivity contribution in [3.05, 3.63) is 71.8 Å². The summed E-state index contributed by atoms with van der Waals surface area (Å²) in [6, 6.07) is 20.2. The van der Waals surface area contributed by atoms with E-state index in [4.69, 9.17) is 0 Å². The van der Waals surface area contributed by atoms with E-state index >= 15 is 0 Å². The van der Waals surface area contributed by atoms with E-state index in [0.29, 0.717) is 5.92 Å². The summed E-state index contributed by atoms with van der Waals surface area (Å²) in [5.74, 6) is 0.550. The lowest BCUT2D eigenvalue weighted by atomic mass is 9.77. The number of rotatable bonds is 9. The van der Waals surface area contributed by atoms with E-state index in [9.17, 15) is 9.90 Å². The minimum atomic E-state index is -1.36. The molecule has 31 heavy (non-hydrogen) atoms. The molecule has 4 rings (SSSR count). The van der Waals surface area contributed by atoms with E-state index in [1.807, 2.05) is 30.3 Å². The van der Waals surface area contributed by atoms with Crippen LogP contribution in [-0.2, 0) is 16.9 Å². The van der Waals surface area contributed by atoms with Crippen LogP contribution in [0.15, 0.2) is 60.7 Å². The maximum atomic E-state index is 13.2. The van der Waals surface area contributed by atoms with Crippen molar-refractivity contribution in [1.82, 2.24) is 10.2 Å². The molecule has 2 aromatic carbocycles. The summed E-state index contributed by atoms with van der Waals surface area (Å²) in [5.41, 5.74) is 0.767. The van der Waals surface area contributed by atoms with E-state index in [0.717, 1.165) is 70.3 Å². The van der Waals surface area contributed by atoms with E-state index in [1.54, 1.807) is 0 Å². The highest BCUT2D eigenvalue weighted by Crippen LogP contribution is 2.41. The Morgan fingerprint density at radius 2 is 1.55 bits per heavy atom. The second kappa shape index (κ2) is 10.5. The monoisotopic (exact) mass is 420 g/mol. The van der Waals surface area contributed by atoms with Gasteiger partial charge in [-0.15, -0.1) is 0 Å². The Balaban J connectivity index is 1.26. The number of aliphatic hydroxyl groups is 1. The third-order valence-electron chi connectivity index (χ3n) is 7.26. The van der Waals surface area contributed by atoms with Crippen molar-refractivity contribution in [2.45, 2.75) is 50.7 Å². The second-order valence-corrected chi connectivity index (χ2v) is 9.37. The molecule has 0 bridgehead atoms. The van der Waals surface area contributed by atoms with Crippen molar-refractivity contribution in [3.63, 3.8) is 0 Å². The molecule has 1 saturated heterocycles. The first-order valence-electron chi connectivity index (χ1n) is 11.9. The Labute approximate surface area is 186 Å². The zero-order chi connectivity index (χ0) is 21.5. The SMILES string of the molecule is O=C(CNCC1CCN(Cc2ccccc2)CC1)C(O)(c1ccccc1)C1CCCC1. The number of hydrogen-bond donors (Lipinski definition) is 2. The second-order valence-electron chi connectivity index (χ2n) is 9.37. The highest BCUT2D eigenvalue weighted by atomic mass is 16.3. The summed E-state index contributed by atoms with van der Waals surface area (Å²) in [6.07, 6.45) is 6.36. The molecule has 1 unspecified atom stereocenters. The molecule has 0 radical (unpaired) electrons. The Kier molecular flexibility index (Phi) is 7.54. The first kappa shape index (κ1) is 22.2. The average Bonchev–Trinajstić information content (AvgIpc) is 3.36. The molecule has 1 heterocycles. The number of carbonyl (C=O) groups excluding carboxylic acids is 1. The van der Waals surface area contributed by atoms with Gasteiger partial charge >= 0.3 is 0 Å². The summed E-state index contributed by atoms with van der Waals surface area (Å²) < 4.78 is 0. The molecule has 2 aromatic rings. The number of nitrogens with one attached hydrogen (secondary N) is 1. The maximum Gasteiger partial charge on any atom is 0.182 e. The van der Waals surface area contributed by atoms with Crippen LogP contribution in [-0.4, -0.2) is 42.0 Å². The number of benzene rings is 2. The molecule has 2 fully saturated rings. The number of hydrogen-bond acceptors (Lipinski definition) is 4. The molecule has 1 aliphatic carbocycles. The minimum absolute atomic E-state index is 0.0328. The van der Waals surface area contributed by atoms with E-state index in [-0.39, 0.29) is 18.2 Å². The number of nitrogens with zero attached hydrogens (tertiary/aromatic N) is 1. The maximum absolute atomic E-state index is 13.2. The van der Waals surface area contributed by atoms with Gasteiger partial charge in [0, 0.05) is 6.54 Å². The van der Waals surface area contributed by atoms with E-state index in [2.05, 4.69) is 40.5 Å². The molecule has 1 atom stereocenters. The van der Waals surface area contributed by atoms with Crippen molar-refractivity contribution in [2.75, 3.05) is 26.2 Å². The first-order valence-corrected chi connectivity index (χ1v) is 11.9. The zero-order valence-electron chi connectivity index (χ0n) is 18.5. The van der Waals surface area contributed by atoms with Gasteiger partial charge in [0.2, 0.25) is 0 Å². The standard InChI is InChI=1S/C27H36N2O2/c30-26(27(31,25-13-7-8-14-25)24-11-5-2-6-12-24)20-28-19-22-15-17-29(18-16-22)21-23-9-3-1-4-10-23/h1-6,9-12,22,25,28,31H,7-8,13-21H2. The molecule has 4 nitrogen and oxygen atoms in total. The van der Waals surface area contributed by atoms with Gasteiger partial charge in [0.05, 0.1) is 6.54 Å². The van der Waals surface area contributed by atoms with Gasteiger partial charge in [-0.3, -0.25) is 9.69 Å². The van der Waals surface area contributed by atoms with Crippen LogP contribution < -0.4 is 5.32 Å². The minimum Gasteiger partial charge on any atom is -0.377 e. The highest BCUT2D eigenvalue weighted by molar-refractivity contribution is 5.90. The molecule has 2 N–H and O–H groups in total. The molecule has 1 saturated carbocycles. The fourth-order valence-corrected chi connectivity index (χ4v) is 5.38. The van der Waals surface area contributed by atoms with Crippen LogP contribution in [0.2, 0.25) is 0 Å². The van der Waals surface area contributed by atoms with Gasteiger partial charge < -0.3 is 10.4 Å². The molecule has 0 amide bonds. The van der Waals surface area contributed by atoms with Crippen LogP contribution in [0.4, 0.5) is 0 Å². The fraction of sp³-hybridized carbons (Fsp3) is 0.519. The molecule has 2 aliphatic rings. The number of piperidine rings is 1. The van der Waals surface area contributed by atoms with Crippen LogP contribution >= 0.6 is 0 Å². The summed E-state index contributed by atoms with van der Waals surface area (Å²) in [6.45, 7) is 4.31. The van der Waals surface area contributed by atoms with Crippen LogP contribution in [0, 0.1) is 11.8 Å². The largest absolute Gasteiger partial charge is 0.377 e. The van der Waals surface area contributed by atoms with Crippen LogP contribution in [0.25, 0.3) is 0 Å². The molecule has 1 aliphatic heterocycles. The summed E-state index contributed by atoms with van der Waals surface area (Å²) in [7, 11) is 0. The molecule has 0 spiro atoms. The lowest BCUT2D eigenvalue weighted by Gasteiger charge is -2.34. The normalized spacial score (nSPS) is 20.5. The zero-order valence-corrected chi connectivity index (χ0v) is 18.5. The van der Waals surface area contributed by atoms with Gasteiger partial charge in [-0.2, -0.15) is 0 Å². The Hall–Kier alpha value is -2.01. The Bertz CT molecular complexity index is 812. The lowest BCUT2D eigenvalue weighted by Crippen LogP contribution is -2.47. The fourth-order valence-electron chi connectivity index (χ4n) is 5.38. The number of carbonyl (C=O) groups is 1. The van der Waals surface area contributed by atoms with Crippen molar-refractivity contribution >= 4 is 5.78 Å². The predicted octanol–water partition coefficient (Wildman–Crippen LogP) is 4.14. The molecular weight excluding hydrogens is 384 g/mol. The van der Waals surface area contributed by atoms with Crippen molar-refractivity contribution in [1.29, 1.82) is 0 Å². The molecule has 0 aromatic heterocycles. The van der Waals surface area contributed by atoms with E-state index in [1.165, 1.54) is 5.56 Å².